The smallest absolute Gasteiger partial charge is 0.0627 e. The molecule has 1 saturated carbocycles. The lowest BCUT2D eigenvalue weighted by atomic mass is 10.0. The third-order valence-electron chi connectivity index (χ3n) is 4.15. The number of nitrogens with zero attached hydrogens (tertiary/aromatic N) is 2. The van der Waals surface area contributed by atoms with Crippen LogP contribution in [-0.2, 0) is 6.42 Å². The summed E-state index contributed by atoms with van der Waals surface area (Å²) in [4.78, 5) is 0. The molecular weight excluding hydrogens is 210 g/mol. The Morgan fingerprint density at radius 1 is 1.53 bits per heavy atom. The average Bonchev–Trinajstić information content (AvgIpc) is 2.97. The fourth-order valence-corrected chi connectivity index (χ4v) is 2.74. The number of hydrogen-bond donors (Lipinski definition) is 1. The highest BCUT2D eigenvalue weighted by atomic mass is 15.3. The predicted molar refractivity (Wildman–Crippen MR) is 71.1 cm³/mol. The largest absolute Gasteiger partial charge is 0.317 e. The summed E-state index contributed by atoms with van der Waals surface area (Å²) < 4.78 is 2.11. The molecule has 1 N–H and O–H groups in total. The van der Waals surface area contributed by atoms with Crippen molar-refractivity contribution in [1.29, 1.82) is 0 Å². The Hall–Kier alpha value is -0.830. The van der Waals surface area contributed by atoms with Gasteiger partial charge in [-0.2, -0.15) is 5.10 Å². The van der Waals surface area contributed by atoms with Crippen LogP contribution in [0.2, 0.25) is 0 Å². The molecule has 0 aliphatic heterocycles. The minimum absolute atomic E-state index is 0.525. The molecule has 0 amide bonds. The van der Waals surface area contributed by atoms with Gasteiger partial charge in [-0.3, -0.25) is 4.68 Å². The number of nitrogens with one attached hydrogen (secondary N) is 1. The molecule has 3 unspecified atom stereocenters. The summed E-state index contributed by atoms with van der Waals surface area (Å²) in [5.74, 6) is 0.827. The van der Waals surface area contributed by atoms with Crippen molar-refractivity contribution in [2.24, 2.45) is 5.92 Å². The van der Waals surface area contributed by atoms with Crippen LogP contribution in [0.15, 0.2) is 12.3 Å². The van der Waals surface area contributed by atoms with Crippen LogP contribution in [0.1, 0.15) is 51.3 Å². The Labute approximate surface area is 105 Å². The van der Waals surface area contributed by atoms with Crippen LogP contribution in [-0.4, -0.2) is 22.9 Å². The average molecular weight is 235 g/mol. The van der Waals surface area contributed by atoms with Crippen molar-refractivity contribution in [3.8, 4) is 0 Å². The van der Waals surface area contributed by atoms with Crippen molar-refractivity contribution in [1.82, 2.24) is 15.1 Å². The molecule has 3 nitrogen and oxygen atoms in total. The molecule has 0 aromatic carbocycles. The molecule has 96 valence electrons. The zero-order valence-corrected chi connectivity index (χ0v) is 11.3. The van der Waals surface area contributed by atoms with Gasteiger partial charge in [-0.15, -0.1) is 0 Å². The number of hydrogen-bond acceptors (Lipinski definition) is 2. The van der Waals surface area contributed by atoms with E-state index in [0.717, 1.165) is 24.8 Å². The maximum Gasteiger partial charge on any atom is 0.0627 e. The molecule has 1 fully saturated rings. The van der Waals surface area contributed by atoms with Crippen LogP contribution in [0.5, 0.6) is 0 Å². The lowest BCUT2D eigenvalue weighted by Crippen LogP contribution is -2.21. The minimum Gasteiger partial charge on any atom is -0.317 e. The number of rotatable bonds is 5. The summed E-state index contributed by atoms with van der Waals surface area (Å²) >= 11 is 0. The highest BCUT2D eigenvalue weighted by molar-refractivity contribution is 5.02. The van der Waals surface area contributed by atoms with Crippen LogP contribution in [0.3, 0.4) is 0 Å². The van der Waals surface area contributed by atoms with E-state index < -0.39 is 0 Å². The molecule has 3 atom stereocenters. The summed E-state index contributed by atoms with van der Waals surface area (Å²) in [5.41, 5.74) is 1.27. The fraction of sp³-hybridized carbons (Fsp3) is 0.786. The van der Waals surface area contributed by atoms with Gasteiger partial charge in [0, 0.05) is 18.3 Å². The molecule has 1 heterocycles. The van der Waals surface area contributed by atoms with E-state index in [4.69, 9.17) is 5.10 Å². The van der Waals surface area contributed by atoms with E-state index in [1.165, 1.54) is 25.0 Å². The van der Waals surface area contributed by atoms with Gasteiger partial charge in [-0.05, 0) is 58.1 Å². The van der Waals surface area contributed by atoms with E-state index in [9.17, 15) is 0 Å². The first kappa shape index (κ1) is 12.6. The van der Waals surface area contributed by atoms with E-state index in [1.807, 2.05) is 0 Å². The molecule has 1 aliphatic rings. The highest BCUT2D eigenvalue weighted by Gasteiger charge is 2.24. The normalized spacial score (nSPS) is 26.3. The van der Waals surface area contributed by atoms with Gasteiger partial charge in [-0.1, -0.05) is 6.92 Å². The van der Waals surface area contributed by atoms with Crippen LogP contribution in [0.4, 0.5) is 0 Å². The Morgan fingerprint density at radius 3 is 3.00 bits per heavy atom. The van der Waals surface area contributed by atoms with E-state index in [0.29, 0.717) is 6.04 Å². The van der Waals surface area contributed by atoms with Crippen molar-refractivity contribution in [3.63, 3.8) is 0 Å². The van der Waals surface area contributed by atoms with Crippen LogP contribution in [0.25, 0.3) is 0 Å². The second kappa shape index (κ2) is 5.67. The lowest BCUT2D eigenvalue weighted by molar-refractivity contribution is 0.461. The molecule has 1 aromatic heterocycles. The third-order valence-corrected chi connectivity index (χ3v) is 4.15. The molecule has 17 heavy (non-hydrogen) atoms. The summed E-state index contributed by atoms with van der Waals surface area (Å²) in [6.45, 7) is 4.43. The van der Waals surface area contributed by atoms with E-state index >= 15 is 0 Å². The van der Waals surface area contributed by atoms with Gasteiger partial charge in [0.1, 0.15) is 0 Å². The van der Waals surface area contributed by atoms with Crippen molar-refractivity contribution in [3.05, 3.63) is 18.0 Å². The second-order valence-corrected chi connectivity index (χ2v) is 5.41. The summed E-state index contributed by atoms with van der Waals surface area (Å²) in [6.07, 6.45) is 8.42. The Morgan fingerprint density at radius 2 is 2.35 bits per heavy atom. The molecular formula is C14H25N3. The van der Waals surface area contributed by atoms with Gasteiger partial charge in [0.15, 0.2) is 0 Å². The summed E-state index contributed by atoms with van der Waals surface area (Å²) in [6, 6.07) is 3.45. The third kappa shape index (κ3) is 3.09. The first-order valence-corrected chi connectivity index (χ1v) is 6.94. The van der Waals surface area contributed by atoms with E-state index in [2.05, 4.69) is 43.2 Å². The molecule has 0 spiro atoms. The van der Waals surface area contributed by atoms with E-state index in [-0.39, 0.29) is 0 Å². The van der Waals surface area contributed by atoms with Gasteiger partial charge >= 0.3 is 0 Å². The fourth-order valence-electron chi connectivity index (χ4n) is 2.74. The van der Waals surface area contributed by atoms with Gasteiger partial charge < -0.3 is 5.32 Å². The molecule has 0 bridgehead atoms. The van der Waals surface area contributed by atoms with Crippen molar-refractivity contribution < 1.29 is 0 Å². The molecule has 1 aromatic rings. The standard InChI is InChI=1S/C14H25N3/c1-4-11(2)17-8-7-14(16-17)10-12-5-6-13(9-12)15-3/h7-8,11-13,15H,4-6,9-10H2,1-3H3. The molecule has 3 heteroatoms. The van der Waals surface area contributed by atoms with Gasteiger partial charge in [0.25, 0.3) is 0 Å². The maximum absolute atomic E-state index is 4.69. The Bertz CT molecular complexity index is 345. The first-order chi connectivity index (χ1) is 8.22. The maximum atomic E-state index is 4.69. The lowest BCUT2D eigenvalue weighted by Gasteiger charge is -2.10. The first-order valence-electron chi connectivity index (χ1n) is 6.94. The minimum atomic E-state index is 0.525. The zero-order chi connectivity index (χ0) is 12.3. The predicted octanol–water partition coefficient (Wildman–Crippen LogP) is 2.78. The SMILES string of the molecule is CCC(C)n1ccc(CC2CCC(NC)C2)n1. The summed E-state index contributed by atoms with van der Waals surface area (Å²) in [7, 11) is 2.07. The van der Waals surface area contributed by atoms with Crippen molar-refractivity contribution in [2.45, 2.75) is 58.0 Å². The Balaban J connectivity index is 1.89. The number of aromatic nitrogens is 2. The monoisotopic (exact) mass is 235 g/mol. The van der Waals surface area contributed by atoms with Gasteiger partial charge in [-0.25, -0.2) is 0 Å². The quantitative estimate of drug-likeness (QED) is 0.850. The molecule has 0 saturated heterocycles. The Kier molecular flexibility index (Phi) is 4.21. The highest BCUT2D eigenvalue weighted by Crippen LogP contribution is 2.28. The van der Waals surface area contributed by atoms with Crippen LogP contribution in [0, 0.1) is 5.92 Å². The van der Waals surface area contributed by atoms with Crippen molar-refractivity contribution in [2.75, 3.05) is 7.05 Å². The van der Waals surface area contributed by atoms with Crippen LogP contribution < -0.4 is 5.32 Å². The van der Waals surface area contributed by atoms with Gasteiger partial charge in [0.05, 0.1) is 5.69 Å². The zero-order valence-electron chi connectivity index (χ0n) is 11.3. The van der Waals surface area contributed by atoms with Crippen LogP contribution >= 0.6 is 0 Å². The molecule has 0 radical (unpaired) electrons. The summed E-state index contributed by atoms with van der Waals surface area (Å²) in [5, 5.41) is 8.08. The van der Waals surface area contributed by atoms with E-state index in [1.54, 1.807) is 0 Å². The van der Waals surface area contributed by atoms with Crippen molar-refractivity contribution >= 4 is 0 Å². The second-order valence-electron chi connectivity index (χ2n) is 5.41. The topological polar surface area (TPSA) is 29.9 Å². The molecule has 2 rings (SSSR count). The molecule has 1 aliphatic carbocycles. The van der Waals surface area contributed by atoms with Gasteiger partial charge in [0.2, 0.25) is 0 Å².